The summed E-state index contributed by atoms with van der Waals surface area (Å²) in [6.07, 6.45) is 2.24. The van der Waals surface area contributed by atoms with E-state index in [1.165, 1.54) is 50.2 Å². The number of benzene rings is 1. The summed E-state index contributed by atoms with van der Waals surface area (Å²) in [5.41, 5.74) is 12.5. The van der Waals surface area contributed by atoms with Gasteiger partial charge in [-0.25, -0.2) is 4.57 Å². The maximum absolute atomic E-state index is 2.31. The molecule has 1 nitrogen and oxygen atoms in total. The predicted molar refractivity (Wildman–Crippen MR) is 86.2 cm³/mol. The van der Waals surface area contributed by atoms with Crippen LogP contribution in [-0.2, 0) is 7.05 Å². The monoisotopic (exact) mass is 268 g/mol. The molecule has 0 bridgehead atoms. The number of aryl methyl sites for hydroxylation is 4. The molecule has 0 spiro atoms. The summed E-state index contributed by atoms with van der Waals surface area (Å²) < 4.78 is 2.28. The van der Waals surface area contributed by atoms with E-state index in [2.05, 4.69) is 72.3 Å². The van der Waals surface area contributed by atoms with Crippen molar-refractivity contribution in [3.63, 3.8) is 0 Å². The average molecular weight is 268 g/mol. The first-order valence-electron chi connectivity index (χ1n) is 7.30. The molecule has 0 aliphatic carbocycles. The first-order valence-corrected chi connectivity index (χ1v) is 7.30. The third-order valence-electron chi connectivity index (χ3n) is 4.84. The zero-order chi connectivity index (χ0) is 15.2. The van der Waals surface area contributed by atoms with Crippen molar-refractivity contribution in [1.82, 2.24) is 0 Å². The highest BCUT2D eigenvalue weighted by molar-refractivity contribution is 5.71. The Morgan fingerprint density at radius 3 is 1.80 bits per heavy atom. The summed E-state index contributed by atoms with van der Waals surface area (Å²) in [4.78, 5) is 0. The van der Waals surface area contributed by atoms with Crippen LogP contribution in [0.5, 0.6) is 0 Å². The molecular formula is C19H26N+. The van der Waals surface area contributed by atoms with Crippen LogP contribution >= 0.6 is 0 Å². The van der Waals surface area contributed by atoms with Crippen LogP contribution in [0, 0.1) is 48.5 Å². The van der Waals surface area contributed by atoms with Gasteiger partial charge in [-0.3, -0.25) is 0 Å². The molecular weight excluding hydrogens is 242 g/mol. The van der Waals surface area contributed by atoms with E-state index >= 15 is 0 Å². The summed E-state index contributed by atoms with van der Waals surface area (Å²) in [6, 6.07) is 2.31. The van der Waals surface area contributed by atoms with Crippen molar-refractivity contribution >= 4 is 0 Å². The molecule has 0 unspecified atom stereocenters. The van der Waals surface area contributed by atoms with Crippen LogP contribution in [0.2, 0.25) is 0 Å². The first kappa shape index (κ1) is 14.8. The van der Waals surface area contributed by atoms with Crippen molar-refractivity contribution in [2.24, 2.45) is 7.05 Å². The quantitative estimate of drug-likeness (QED) is 0.678. The Bertz CT molecular complexity index is 632. The van der Waals surface area contributed by atoms with Gasteiger partial charge in [-0.2, -0.15) is 0 Å². The summed E-state index contributed by atoms with van der Waals surface area (Å²) in [5.74, 6) is 0. The molecule has 0 amide bonds. The van der Waals surface area contributed by atoms with Crippen molar-refractivity contribution in [1.29, 1.82) is 0 Å². The highest BCUT2D eigenvalue weighted by atomic mass is 14.9. The zero-order valence-electron chi connectivity index (χ0n) is 14.1. The Morgan fingerprint density at radius 1 is 0.650 bits per heavy atom. The molecule has 2 aromatic rings. The SMILES string of the molecule is Cc1cc(C)c(-c2c(C)c(C)c(C)c[n+]2C)c(C)c1C. The fourth-order valence-electron chi connectivity index (χ4n) is 3.20. The molecule has 1 heteroatoms. The van der Waals surface area contributed by atoms with Crippen LogP contribution < -0.4 is 4.57 Å². The maximum atomic E-state index is 2.31. The second-order valence-corrected chi connectivity index (χ2v) is 6.16. The second-order valence-electron chi connectivity index (χ2n) is 6.16. The second kappa shape index (κ2) is 5.05. The maximum Gasteiger partial charge on any atom is 0.216 e. The molecule has 1 aromatic carbocycles. The molecule has 0 fully saturated rings. The van der Waals surface area contributed by atoms with E-state index in [0.717, 1.165) is 0 Å². The topological polar surface area (TPSA) is 3.88 Å². The number of pyridine rings is 1. The van der Waals surface area contributed by atoms with Crippen molar-refractivity contribution in [2.75, 3.05) is 0 Å². The van der Waals surface area contributed by atoms with E-state index in [0.29, 0.717) is 0 Å². The van der Waals surface area contributed by atoms with Crippen LogP contribution in [0.25, 0.3) is 11.3 Å². The first-order chi connectivity index (χ1) is 9.25. The highest BCUT2D eigenvalue weighted by Crippen LogP contribution is 2.32. The van der Waals surface area contributed by atoms with Crippen LogP contribution in [-0.4, -0.2) is 0 Å². The molecule has 0 N–H and O–H groups in total. The molecule has 2 rings (SSSR count). The summed E-state index contributed by atoms with van der Waals surface area (Å²) in [6.45, 7) is 15.6. The molecule has 0 saturated carbocycles. The molecule has 0 atom stereocenters. The Hall–Kier alpha value is -1.63. The molecule has 106 valence electrons. The van der Waals surface area contributed by atoms with E-state index in [-0.39, 0.29) is 0 Å². The normalized spacial score (nSPS) is 11.0. The fraction of sp³-hybridized carbons (Fsp3) is 0.421. The molecule has 0 aliphatic rings. The minimum atomic E-state index is 1.35. The lowest BCUT2D eigenvalue weighted by atomic mass is 9.89. The molecule has 0 radical (unpaired) electrons. The van der Waals surface area contributed by atoms with Gasteiger partial charge >= 0.3 is 0 Å². The van der Waals surface area contributed by atoms with Crippen molar-refractivity contribution in [3.05, 3.63) is 51.2 Å². The van der Waals surface area contributed by atoms with Gasteiger partial charge in [0.25, 0.3) is 0 Å². The van der Waals surface area contributed by atoms with Crippen LogP contribution in [0.3, 0.4) is 0 Å². The summed E-state index contributed by atoms with van der Waals surface area (Å²) in [7, 11) is 2.16. The van der Waals surface area contributed by atoms with E-state index in [9.17, 15) is 0 Å². The molecule has 0 saturated heterocycles. The molecule has 1 aromatic heterocycles. The van der Waals surface area contributed by atoms with Gasteiger partial charge in [0.15, 0.2) is 6.20 Å². The smallest absolute Gasteiger partial charge is 0.200 e. The van der Waals surface area contributed by atoms with Gasteiger partial charge < -0.3 is 0 Å². The number of nitrogens with zero attached hydrogens (tertiary/aromatic N) is 1. The van der Waals surface area contributed by atoms with Gasteiger partial charge in [-0.05, 0) is 76.3 Å². The van der Waals surface area contributed by atoms with Gasteiger partial charge in [0.05, 0.1) is 5.56 Å². The molecule has 20 heavy (non-hydrogen) atoms. The summed E-state index contributed by atoms with van der Waals surface area (Å²) >= 11 is 0. The average Bonchev–Trinajstić information content (AvgIpc) is 2.37. The minimum absolute atomic E-state index is 1.35. The summed E-state index contributed by atoms with van der Waals surface area (Å²) in [5, 5.41) is 0. The number of hydrogen-bond donors (Lipinski definition) is 0. The van der Waals surface area contributed by atoms with E-state index in [4.69, 9.17) is 0 Å². The zero-order valence-corrected chi connectivity index (χ0v) is 14.1. The lowest BCUT2D eigenvalue weighted by Gasteiger charge is -2.16. The number of aromatic nitrogens is 1. The fourth-order valence-corrected chi connectivity index (χ4v) is 3.20. The van der Waals surface area contributed by atoms with Crippen LogP contribution in [0.4, 0.5) is 0 Å². The van der Waals surface area contributed by atoms with Crippen molar-refractivity contribution < 1.29 is 4.57 Å². The van der Waals surface area contributed by atoms with Crippen LogP contribution in [0.1, 0.15) is 38.9 Å². The molecule has 1 heterocycles. The number of rotatable bonds is 1. The third-order valence-corrected chi connectivity index (χ3v) is 4.84. The minimum Gasteiger partial charge on any atom is -0.200 e. The Morgan fingerprint density at radius 2 is 1.20 bits per heavy atom. The van der Waals surface area contributed by atoms with E-state index in [1.807, 2.05) is 0 Å². The number of hydrogen-bond acceptors (Lipinski definition) is 0. The van der Waals surface area contributed by atoms with Crippen LogP contribution in [0.15, 0.2) is 12.3 Å². The van der Waals surface area contributed by atoms with Gasteiger partial charge in [0.2, 0.25) is 5.69 Å². The van der Waals surface area contributed by atoms with E-state index in [1.54, 1.807) is 0 Å². The van der Waals surface area contributed by atoms with Gasteiger partial charge in [0, 0.05) is 11.1 Å². The van der Waals surface area contributed by atoms with E-state index < -0.39 is 0 Å². The highest BCUT2D eigenvalue weighted by Gasteiger charge is 2.22. The Labute approximate surface area is 123 Å². The van der Waals surface area contributed by atoms with Gasteiger partial charge in [-0.15, -0.1) is 0 Å². The lowest BCUT2D eigenvalue weighted by Crippen LogP contribution is -2.33. The molecule has 0 aliphatic heterocycles. The van der Waals surface area contributed by atoms with Gasteiger partial charge in [0.1, 0.15) is 7.05 Å². The Kier molecular flexibility index (Phi) is 3.73. The largest absolute Gasteiger partial charge is 0.216 e. The predicted octanol–water partition coefficient (Wildman–Crippen LogP) is 4.34. The van der Waals surface area contributed by atoms with Gasteiger partial charge in [-0.1, -0.05) is 6.07 Å². The third kappa shape index (κ3) is 2.15. The lowest BCUT2D eigenvalue weighted by molar-refractivity contribution is -0.661. The standard InChI is InChI=1S/C19H26N/c1-11-9-12(2)18(16(6)14(11)4)19-17(7)15(5)13(3)10-20(19)8/h9-10H,1-8H3/q+1. The van der Waals surface area contributed by atoms with Crippen molar-refractivity contribution in [2.45, 2.75) is 48.5 Å². The van der Waals surface area contributed by atoms with Crippen molar-refractivity contribution in [3.8, 4) is 11.3 Å². The Balaban J connectivity index is 2.90.